The summed E-state index contributed by atoms with van der Waals surface area (Å²) < 4.78 is 10.6. The SMILES string of the molecule is COCCOCC1=CC=C([N+]2([O-])CCCC2)C2(C)CC=CC=C12. The van der Waals surface area contributed by atoms with E-state index < -0.39 is 0 Å². The molecule has 4 heteroatoms. The first-order valence-corrected chi connectivity index (χ1v) is 8.54. The maximum Gasteiger partial charge on any atom is 0.119 e. The quantitative estimate of drug-likeness (QED) is 0.428. The number of hydrogen-bond donors (Lipinski definition) is 0. The van der Waals surface area contributed by atoms with Crippen molar-refractivity contribution in [2.75, 3.05) is 40.0 Å². The van der Waals surface area contributed by atoms with Crippen LogP contribution in [0.5, 0.6) is 0 Å². The largest absolute Gasteiger partial charge is 0.628 e. The maximum absolute atomic E-state index is 13.3. The highest BCUT2D eigenvalue weighted by atomic mass is 16.5. The van der Waals surface area contributed by atoms with Gasteiger partial charge in [0.15, 0.2) is 0 Å². The van der Waals surface area contributed by atoms with Crippen LogP contribution in [0.3, 0.4) is 0 Å². The molecule has 0 bridgehead atoms. The Hall–Kier alpha value is -1.20. The Morgan fingerprint density at radius 2 is 1.96 bits per heavy atom. The zero-order chi connectivity index (χ0) is 16.3. The topological polar surface area (TPSA) is 41.5 Å². The van der Waals surface area contributed by atoms with E-state index in [1.54, 1.807) is 7.11 Å². The predicted octanol–water partition coefficient (Wildman–Crippen LogP) is 3.47. The van der Waals surface area contributed by atoms with E-state index in [1.165, 1.54) is 11.1 Å². The van der Waals surface area contributed by atoms with Crippen molar-refractivity contribution >= 4 is 0 Å². The van der Waals surface area contributed by atoms with Crippen molar-refractivity contribution in [2.24, 2.45) is 5.41 Å². The minimum Gasteiger partial charge on any atom is -0.628 e. The fourth-order valence-electron chi connectivity index (χ4n) is 4.04. The van der Waals surface area contributed by atoms with Crippen molar-refractivity contribution < 1.29 is 14.1 Å². The molecule has 0 aromatic carbocycles. The second-order valence-corrected chi connectivity index (χ2v) is 6.88. The Morgan fingerprint density at radius 3 is 2.70 bits per heavy atom. The second kappa shape index (κ2) is 6.73. The zero-order valence-electron chi connectivity index (χ0n) is 14.2. The molecule has 0 N–H and O–H groups in total. The van der Waals surface area contributed by atoms with Gasteiger partial charge in [0, 0.05) is 20.0 Å². The lowest BCUT2D eigenvalue weighted by molar-refractivity contribution is -0.835. The summed E-state index contributed by atoms with van der Waals surface area (Å²) >= 11 is 0. The summed E-state index contributed by atoms with van der Waals surface area (Å²) in [7, 11) is 1.68. The molecule has 23 heavy (non-hydrogen) atoms. The van der Waals surface area contributed by atoms with Crippen molar-refractivity contribution in [1.82, 2.24) is 0 Å². The number of hydrogen-bond acceptors (Lipinski definition) is 3. The lowest BCUT2D eigenvalue weighted by Crippen LogP contribution is -2.46. The van der Waals surface area contributed by atoms with Gasteiger partial charge < -0.3 is 19.3 Å². The summed E-state index contributed by atoms with van der Waals surface area (Å²) in [5.41, 5.74) is 3.25. The van der Waals surface area contributed by atoms with Gasteiger partial charge in [-0.1, -0.05) is 24.3 Å². The highest BCUT2D eigenvalue weighted by Gasteiger charge is 2.46. The Labute approximate surface area is 138 Å². The fourth-order valence-corrected chi connectivity index (χ4v) is 4.04. The summed E-state index contributed by atoms with van der Waals surface area (Å²) in [6.07, 6.45) is 13.5. The minimum atomic E-state index is -0.199. The van der Waals surface area contributed by atoms with Crippen molar-refractivity contribution in [3.05, 3.63) is 52.4 Å². The molecule has 126 valence electrons. The van der Waals surface area contributed by atoms with Crippen molar-refractivity contribution in [3.8, 4) is 0 Å². The van der Waals surface area contributed by atoms with E-state index >= 15 is 0 Å². The van der Waals surface area contributed by atoms with E-state index in [4.69, 9.17) is 9.47 Å². The van der Waals surface area contributed by atoms with Gasteiger partial charge >= 0.3 is 0 Å². The Morgan fingerprint density at radius 1 is 1.17 bits per heavy atom. The molecule has 1 atom stereocenters. The summed E-state index contributed by atoms with van der Waals surface area (Å²) in [5.74, 6) is 0. The molecule has 0 radical (unpaired) electrons. The number of methoxy groups -OCH3 is 1. The fraction of sp³-hybridized carbons (Fsp3) is 0.579. The van der Waals surface area contributed by atoms with Crippen LogP contribution >= 0.6 is 0 Å². The Kier molecular flexibility index (Phi) is 4.87. The van der Waals surface area contributed by atoms with E-state index in [2.05, 4.69) is 37.3 Å². The van der Waals surface area contributed by atoms with Gasteiger partial charge in [-0.05, 0) is 30.6 Å². The molecule has 1 unspecified atom stereocenters. The maximum atomic E-state index is 13.3. The predicted molar refractivity (Wildman–Crippen MR) is 91.4 cm³/mol. The highest BCUT2D eigenvalue weighted by molar-refractivity contribution is 5.51. The third kappa shape index (κ3) is 3.09. The third-order valence-corrected chi connectivity index (χ3v) is 5.29. The first kappa shape index (κ1) is 16.7. The third-order valence-electron chi connectivity index (χ3n) is 5.29. The van der Waals surface area contributed by atoms with Gasteiger partial charge in [-0.2, -0.15) is 0 Å². The van der Waals surface area contributed by atoms with E-state index in [9.17, 15) is 5.21 Å². The molecule has 0 saturated carbocycles. The molecule has 0 spiro atoms. The first-order chi connectivity index (χ1) is 11.1. The van der Waals surface area contributed by atoms with Crippen LogP contribution in [-0.2, 0) is 9.47 Å². The normalized spacial score (nSPS) is 28.9. The van der Waals surface area contributed by atoms with Crippen LogP contribution in [-0.4, -0.2) is 44.7 Å². The number of nitrogens with zero attached hydrogens (tertiary/aromatic N) is 1. The molecule has 2 aliphatic carbocycles. The first-order valence-electron chi connectivity index (χ1n) is 8.54. The molecule has 1 aliphatic heterocycles. The van der Waals surface area contributed by atoms with Crippen LogP contribution < -0.4 is 0 Å². The number of quaternary nitrogens is 1. The average molecular weight is 317 g/mol. The van der Waals surface area contributed by atoms with Crippen molar-refractivity contribution in [2.45, 2.75) is 26.2 Å². The summed E-state index contributed by atoms with van der Waals surface area (Å²) in [4.78, 5) is 0. The number of hydroxylamine groups is 3. The van der Waals surface area contributed by atoms with Gasteiger partial charge in [0.1, 0.15) is 5.70 Å². The monoisotopic (exact) mass is 317 g/mol. The van der Waals surface area contributed by atoms with E-state index in [1.807, 2.05) is 0 Å². The Balaban J connectivity index is 1.87. The molecule has 3 rings (SSSR count). The number of rotatable bonds is 6. The lowest BCUT2D eigenvalue weighted by Gasteiger charge is -2.49. The Bertz CT molecular complexity index is 567. The smallest absolute Gasteiger partial charge is 0.119 e. The number of fused-ring (bicyclic) bond motifs is 1. The van der Waals surface area contributed by atoms with Gasteiger partial charge in [-0.15, -0.1) is 0 Å². The molecule has 0 aromatic heterocycles. The van der Waals surface area contributed by atoms with Crippen LogP contribution in [0.1, 0.15) is 26.2 Å². The van der Waals surface area contributed by atoms with Crippen LogP contribution in [0.25, 0.3) is 0 Å². The standard InChI is InChI=1S/C19H27NO3/c1-19-10-4-3-7-17(19)16(15-23-14-13-22-2)8-9-18(19)20(21)11-5-6-12-20/h3-4,7-9H,5-6,10-15H2,1-2H3. The summed E-state index contributed by atoms with van der Waals surface area (Å²) in [5, 5.41) is 13.3. The van der Waals surface area contributed by atoms with Crippen LogP contribution in [0.2, 0.25) is 0 Å². The molecule has 4 nitrogen and oxygen atoms in total. The molecular weight excluding hydrogens is 290 g/mol. The lowest BCUT2D eigenvalue weighted by atomic mass is 9.68. The van der Waals surface area contributed by atoms with Gasteiger partial charge in [-0.25, -0.2) is 0 Å². The number of ether oxygens (including phenoxy) is 2. The van der Waals surface area contributed by atoms with Crippen LogP contribution in [0.4, 0.5) is 0 Å². The molecule has 1 saturated heterocycles. The van der Waals surface area contributed by atoms with Gasteiger partial charge in [0.2, 0.25) is 0 Å². The molecule has 0 amide bonds. The molecular formula is C19H27NO3. The van der Waals surface area contributed by atoms with Gasteiger partial charge in [-0.3, -0.25) is 0 Å². The molecule has 0 aromatic rings. The number of allylic oxidation sites excluding steroid dienone is 6. The summed E-state index contributed by atoms with van der Waals surface area (Å²) in [6, 6.07) is 0. The zero-order valence-corrected chi connectivity index (χ0v) is 14.2. The molecule has 3 aliphatic rings. The van der Waals surface area contributed by atoms with Gasteiger partial charge in [0.05, 0.1) is 38.3 Å². The van der Waals surface area contributed by atoms with Crippen molar-refractivity contribution in [1.29, 1.82) is 0 Å². The van der Waals surface area contributed by atoms with E-state index in [0.717, 1.165) is 25.0 Å². The molecule has 1 fully saturated rings. The summed E-state index contributed by atoms with van der Waals surface area (Å²) in [6.45, 7) is 5.41. The average Bonchev–Trinajstić information content (AvgIpc) is 2.98. The minimum absolute atomic E-state index is 0.143. The highest BCUT2D eigenvalue weighted by Crippen LogP contribution is 2.51. The van der Waals surface area contributed by atoms with E-state index in [-0.39, 0.29) is 10.1 Å². The van der Waals surface area contributed by atoms with Crippen LogP contribution in [0.15, 0.2) is 47.2 Å². The number of likely N-dealkylation sites (tertiary alicyclic amines) is 1. The van der Waals surface area contributed by atoms with Gasteiger partial charge in [0.25, 0.3) is 0 Å². The van der Waals surface area contributed by atoms with Crippen molar-refractivity contribution in [3.63, 3.8) is 0 Å². The van der Waals surface area contributed by atoms with Crippen LogP contribution in [0, 0.1) is 10.6 Å². The second-order valence-electron chi connectivity index (χ2n) is 6.88. The van der Waals surface area contributed by atoms with E-state index in [0.29, 0.717) is 32.9 Å². The molecule has 1 heterocycles.